The van der Waals surface area contributed by atoms with Crippen molar-refractivity contribution in [1.82, 2.24) is 15.5 Å². The van der Waals surface area contributed by atoms with Crippen molar-refractivity contribution in [2.75, 3.05) is 6.54 Å². The predicted molar refractivity (Wildman–Crippen MR) is 92.3 cm³/mol. The number of nitrogens with zero attached hydrogens (tertiary/aromatic N) is 2. The highest BCUT2D eigenvalue weighted by Crippen LogP contribution is 2.33. The second-order valence-electron chi connectivity index (χ2n) is 7.14. The Labute approximate surface area is 151 Å². The molecule has 1 saturated carbocycles. The summed E-state index contributed by atoms with van der Waals surface area (Å²) >= 11 is 0. The number of rotatable bonds is 5. The van der Waals surface area contributed by atoms with Gasteiger partial charge in [0.15, 0.2) is 11.6 Å². The van der Waals surface area contributed by atoms with Gasteiger partial charge in [-0.05, 0) is 26.2 Å². The molecular weight excluding hydrogens is 334 g/mol. The average molecular weight is 357 g/mol. The van der Waals surface area contributed by atoms with Crippen molar-refractivity contribution >= 4 is 11.7 Å². The molecule has 1 fully saturated rings. The highest BCUT2D eigenvalue weighted by atomic mass is 16.5. The van der Waals surface area contributed by atoms with Gasteiger partial charge in [-0.3, -0.25) is 9.59 Å². The predicted octanol–water partition coefficient (Wildman–Crippen LogP) is 3.12. The van der Waals surface area contributed by atoms with E-state index < -0.39 is 0 Å². The van der Waals surface area contributed by atoms with Crippen LogP contribution in [0.1, 0.15) is 88.4 Å². The Balaban J connectivity index is 1.38. The van der Waals surface area contributed by atoms with Crippen molar-refractivity contribution in [2.24, 2.45) is 0 Å². The molecule has 2 aliphatic rings. The summed E-state index contributed by atoms with van der Waals surface area (Å²) in [6.45, 7) is 2.11. The first-order valence-electron chi connectivity index (χ1n) is 9.39. The zero-order valence-corrected chi connectivity index (χ0v) is 15.0. The van der Waals surface area contributed by atoms with Gasteiger partial charge in [-0.1, -0.05) is 18.0 Å². The van der Waals surface area contributed by atoms with Crippen LogP contribution in [0.5, 0.6) is 0 Å². The van der Waals surface area contributed by atoms with E-state index in [1.165, 1.54) is 12.8 Å². The number of hydrogen-bond donors (Lipinski definition) is 1. The minimum absolute atomic E-state index is 0.00683. The van der Waals surface area contributed by atoms with E-state index in [-0.39, 0.29) is 11.7 Å². The first-order chi connectivity index (χ1) is 12.6. The Morgan fingerprint density at radius 2 is 2.04 bits per heavy atom. The molecule has 0 atom stereocenters. The van der Waals surface area contributed by atoms with E-state index >= 15 is 0 Å². The smallest absolute Gasteiger partial charge is 0.255 e. The standard InChI is InChI=1S/C19H23N3O4/c1-11-16(17-13(23)7-4-8-14(17)25-11)18(24)20-10-9-15-21-19(26-22-15)12-5-2-3-6-12/h12H,2-10H2,1H3,(H,20,24). The van der Waals surface area contributed by atoms with Crippen LogP contribution in [0.3, 0.4) is 0 Å². The van der Waals surface area contributed by atoms with Crippen molar-refractivity contribution in [1.29, 1.82) is 0 Å². The third-order valence-electron chi connectivity index (χ3n) is 5.29. The minimum atomic E-state index is -0.276. The molecule has 2 aliphatic carbocycles. The van der Waals surface area contributed by atoms with Crippen molar-refractivity contribution in [3.8, 4) is 0 Å². The summed E-state index contributed by atoms with van der Waals surface area (Å²) in [4.78, 5) is 29.2. The first kappa shape index (κ1) is 17.0. The molecule has 2 aromatic heterocycles. The van der Waals surface area contributed by atoms with E-state index in [1.807, 2.05) is 0 Å². The van der Waals surface area contributed by atoms with Crippen molar-refractivity contribution < 1.29 is 18.5 Å². The molecule has 4 rings (SSSR count). The van der Waals surface area contributed by atoms with Crippen LogP contribution in [0.25, 0.3) is 0 Å². The number of Topliss-reactive ketones (excluding diaryl/α,β-unsaturated/α-hetero) is 1. The first-order valence-corrected chi connectivity index (χ1v) is 9.39. The van der Waals surface area contributed by atoms with Gasteiger partial charge in [-0.25, -0.2) is 0 Å². The van der Waals surface area contributed by atoms with E-state index in [0.29, 0.717) is 66.1 Å². The molecule has 2 heterocycles. The number of aromatic nitrogens is 2. The molecule has 1 N–H and O–H groups in total. The number of ketones is 1. The van der Waals surface area contributed by atoms with Gasteiger partial charge in [-0.15, -0.1) is 0 Å². The van der Waals surface area contributed by atoms with Crippen molar-refractivity contribution in [2.45, 2.75) is 64.2 Å². The van der Waals surface area contributed by atoms with E-state index in [2.05, 4.69) is 15.5 Å². The minimum Gasteiger partial charge on any atom is -0.465 e. The maximum atomic E-state index is 12.6. The maximum absolute atomic E-state index is 12.6. The number of aryl methyl sites for hydroxylation is 2. The Bertz CT molecular complexity index is 830. The normalized spacial score (nSPS) is 17.5. The van der Waals surface area contributed by atoms with E-state index in [4.69, 9.17) is 8.94 Å². The topological polar surface area (TPSA) is 98.2 Å². The largest absolute Gasteiger partial charge is 0.465 e. The zero-order valence-electron chi connectivity index (χ0n) is 15.0. The molecule has 26 heavy (non-hydrogen) atoms. The van der Waals surface area contributed by atoms with Crippen molar-refractivity contribution in [3.05, 3.63) is 34.4 Å². The quantitative estimate of drug-likeness (QED) is 0.883. The lowest BCUT2D eigenvalue weighted by molar-refractivity contribution is 0.0927. The van der Waals surface area contributed by atoms with Gasteiger partial charge in [0, 0.05) is 31.7 Å². The second kappa shape index (κ2) is 7.05. The molecule has 0 saturated heterocycles. The molecule has 138 valence electrons. The van der Waals surface area contributed by atoms with Gasteiger partial charge in [0.1, 0.15) is 11.5 Å². The number of amides is 1. The third-order valence-corrected chi connectivity index (χ3v) is 5.29. The number of carbonyl (C=O) groups is 2. The van der Waals surface area contributed by atoms with Crippen molar-refractivity contribution in [3.63, 3.8) is 0 Å². The Hall–Kier alpha value is -2.44. The van der Waals surface area contributed by atoms with Crippen LogP contribution in [-0.4, -0.2) is 28.4 Å². The molecule has 0 aromatic carbocycles. The SMILES string of the molecule is Cc1oc2c(c1C(=O)NCCc1noc(C3CCCC3)n1)C(=O)CCC2. The van der Waals surface area contributed by atoms with Gasteiger partial charge in [0.25, 0.3) is 5.91 Å². The Morgan fingerprint density at radius 3 is 2.85 bits per heavy atom. The fourth-order valence-electron chi connectivity index (χ4n) is 3.97. The van der Waals surface area contributed by atoms with Crippen LogP contribution < -0.4 is 5.32 Å². The summed E-state index contributed by atoms with van der Waals surface area (Å²) in [5.74, 6) is 2.57. The number of furan rings is 1. The maximum Gasteiger partial charge on any atom is 0.255 e. The van der Waals surface area contributed by atoms with E-state index in [9.17, 15) is 9.59 Å². The molecule has 2 aromatic rings. The van der Waals surface area contributed by atoms with Crippen LogP contribution in [0.4, 0.5) is 0 Å². The van der Waals surface area contributed by atoms with E-state index in [0.717, 1.165) is 19.3 Å². The van der Waals surface area contributed by atoms with Gasteiger partial charge in [-0.2, -0.15) is 4.98 Å². The van der Waals surface area contributed by atoms with Crippen LogP contribution in [0.2, 0.25) is 0 Å². The summed E-state index contributed by atoms with van der Waals surface area (Å²) in [6, 6.07) is 0. The summed E-state index contributed by atoms with van der Waals surface area (Å²) < 4.78 is 11.0. The monoisotopic (exact) mass is 357 g/mol. The summed E-state index contributed by atoms with van der Waals surface area (Å²) in [6.07, 6.45) is 7.10. The zero-order chi connectivity index (χ0) is 18.1. The number of nitrogens with one attached hydrogen (secondary N) is 1. The lowest BCUT2D eigenvalue weighted by Crippen LogP contribution is -2.28. The molecule has 0 spiro atoms. The molecule has 0 aliphatic heterocycles. The lowest BCUT2D eigenvalue weighted by Gasteiger charge is -2.10. The third kappa shape index (κ3) is 3.18. The second-order valence-corrected chi connectivity index (χ2v) is 7.14. The van der Waals surface area contributed by atoms with Crippen LogP contribution >= 0.6 is 0 Å². The lowest BCUT2D eigenvalue weighted by atomic mass is 9.93. The highest BCUT2D eigenvalue weighted by Gasteiger charge is 2.30. The fourth-order valence-corrected chi connectivity index (χ4v) is 3.97. The molecule has 0 unspecified atom stereocenters. The van der Waals surface area contributed by atoms with Gasteiger partial charge in [0.2, 0.25) is 5.89 Å². The van der Waals surface area contributed by atoms with Gasteiger partial charge < -0.3 is 14.3 Å². The molecule has 0 bridgehead atoms. The number of hydrogen-bond acceptors (Lipinski definition) is 6. The van der Waals surface area contributed by atoms with Crippen LogP contribution in [-0.2, 0) is 12.8 Å². The van der Waals surface area contributed by atoms with Gasteiger partial charge >= 0.3 is 0 Å². The molecule has 0 radical (unpaired) electrons. The molecule has 7 heteroatoms. The van der Waals surface area contributed by atoms with Crippen LogP contribution in [0, 0.1) is 6.92 Å². The highest BCUT2D eigenvalue weighted by molar-refractivity contribution is 6.09. The summed E-state index contributed by atoms with van der Waals surface area (Å²) in [7, 11) is 0. The van der Waals surface area contributed by atoms with Gasteiger partial charge in [0.05, 0.1) is 11.1 Å². The molecule has 1 amide bonds. The number of fused-ring (bicyclic) bond motifs is 1. The average Bonchev–Trinajstić information content (AvgIpc) is 3.33. The van der Waals surface area contributed by atoms with E-state index in [1.54, 1.807) is 6.92 Å². The molecular formula is C19H23N3O4. The Morgan fingerprint density at radius 1 is 1.23 bits per heavy atom. The summed E-state index contributed by atoms with van der Waals surface area (Å²) in [5, 5.41) is 6.86. The summed E-state index contributed by atoms with van der Waals surface area (Å²) in [5.41, 5.74) is 0.846. The fraction of sp³-hybridized carbons (Fsp3) is 0.579. The van der Waals surface area contributed by atoms with Crippen LogP contribution in [0.15, 0.2) is 8.94 Å². The molecule has 7 nitrogen and oxygen atoms in total. The Kier molecular flexibility index (Phi) is 4.61. The number of carbonyl (C=O) groups excluding carboxylic acids is 2.